The monoisotopic (exact) mass is 336 g/mol. The summed E-state index contributed by atoms with van der Waals surface area (Å²) in [6.45, 7) is 7.20. The highest BCUT2D eigenvalue weighted by atomic mass is 79.9. The quantitative estimate of drug-likeness (QED) is 0.881. The fourth-order valence-electron chi connectivity index (χ4n) is 3.87. The summed E-state index contributed by atoms with van der Waals surface area (Å²) >= 11 is 3.51. The molecule has 1 N–H and O–H groups in total. The number of hydrogen-bond donors (Lipinski definition) is 1. The molecule has 110 valence electrons. The van der Waals surface area contributed by atoms with Crippen LogP contribution in [0.5, 0.6) is 0 Å². The van der Waals surface area contributed by atoms with Gasteiger partial charge in [-0.3, -0.25) is 0 Å². The highest BCUT2D eigenvalue weighted by molar-refractivity contribution is 9.10. The number of rotatable bonds is 3. The summed E-state index contributed by atoms with van der Waals surface area (Å²) in [4.78, 5) is 2.67. The molecule has 3 rings (SSSR count). The van der Waals surface area contributed by atoms with Crippen molar-refractivity contribution >= 4 is 21.6 Å². The topological polar surface area (TPSA) is 15.3 Å². The van der Waals surface area contributed by atoms with Gasteiger partial charge in [0.2, 0.25) is 0 Å². The molecule has 2 nitrogen and oxygen atoms in total. The third-order valence-corrected chi connectivity index (χ3v) is 5.54. The molecule has 0 radical (unpaired) electrons. The molecule has 1 saturated carbocycles. The van der Waals surface area contributed by atoms with Crippen molar-refractivity contribution in [3.63, 3.8) is 0 Å². The van der Waals surface area contributed by atoms with E-state index >= 15 is 0 Å². The van der Waals surface area contributed by atoms with E-state index in [-0.39, 0.29) is 0 Å². The zero-order valence-corrected chi connectivity index (χ0v) is 14.1. The van der Waals surface area contributed by atoms with Crippen molar-refractivity contribution in [2.45, 2.75) is 45.2 Å². The summed E-state index contributed by atoms with van der Waals surface area (Å²) in [6, 6.07) is 9.98. The number of anilines is 1. The van der Waals surface area contributed by atoms with Crippen molar-refractivity contribution in [1.82, 2.24) is 4.90 Å². The molecule has 3 heteroatoms. The van der Waals surface area contributed by atoms with Gasteiger partial charge >= 0.3 is 0 Å². The lowest BCUT2D eigenvalue weighted by atomic mass is 9.73. The first-order valence-corrected chi connectivity index (χ1v) is 8.69. The minimum absolute atomic E-state index is 0.667. The molecule has 20 heavy (non-hydrogen) atoms. The van der Waals surface area contributed by atoms with Crippen LogP contribution in [0.4, 0.5) is 5.69 Å². The number of piperidine rings is 1. The summed E-state index contributed by atoms with van der Waals surface area (Å²) in [6.07, 6.45) is 4.18. The summed E-state index contributed by atoms with van der Waals surface area (Å²) < 4.78 is 1.15. The number of fused-ring (bicyclic) bond motifs is 2. The fraction of sp³-hybridized carbons (Fsp3) is 0.647. The van der Waals surface area contributed by atoms with Crippen molar-refractivity contribution in [3.05, 3.63) is 28.7 Å². The Labute approximate surface area is 131 Å². The first kappa shape index (κ1) is 14.4. The number of nitrogens with one attached hydrogen (secondary N) is 1. The van der Waals surface area contributed by atoms with Gasteiger partial charge in [-0.25, -0.2) is 0 Å². The van der Waals surface area contributed by atoms with Crippen LogP contribution in [0.3, 0.4) is 0 Å². The molecule has 1 aliphatic carbocycles. The highest BCUT2D eigenvalue weighted by Crippen LogP contribution is 2.37. The lowest BCUT2D eigenvalue weighted by molar-refractivity contribution is 0.0518. The maximum atomic E-state index is 3.82. The van der Waals surface area contributed by atoms with Crippen molar-refractivity contribution < 1.29 is 0 Å². The molecule has 0 aromatic heterocycles. The molecule has 2 atom stereocenters. The molecule has 0 spiro atoms. The van der Waals surface area contributed by atoms with E-state index < -0.39 is 0 Å². The van der Waals surface area contributed by atoms with Crippen LogP contribution in [0, 0.1) is 11.8 Å². The Hall–Kier alpha value is -0.540. The Morgan fingerprint density at radius 2 is 1.70 bits per heavy atom. The number of halogens is 1. The van der Waals surface area contributed by atoms with Gasteiger partial charge in [-0.05, 0) is 62.8 Å². The van der Waals surface area contributed by atoms with Gasteiger partial charge in [0.05, 0.1) is 0 Å². The smallest absolute Gasteiger partial charge is 0.0343 e. The van der Waals surface area contributed by atoms with Gasteiger partial charge in [0.15, 0.2) is 0 Å². The van der Waals surface area contributed by atoms with E-state index in [1.165, 1.54) is 38.0 Å². The van der Waals surface area contributed by atoms with Crippen LogP contribution in [-0.2, 0) is 0 Å². The maximum absolute atomic E-state index is 3.82. The molecule has 2 unspecified atom stereocenters. The van der Waals surface area contributed by atoms with Crippen LogP contribution in [0.15, 0.2) is 28.7 Å². The first-order chi connectivity index (χ1) is 9.63. The molecule has 1 heterocycles. The van der Waals surface area contributed by atoms with Gasteiger partial charge in [-0.1, -0.05) is 22.4 Å². The van der Waals surface area contributed by atoms with E-state index in [0.717, 1.165) is 16.3 Å². The maximum Gasteiger partial charge on any atom is 0.0343 e. The zero-order chi connectivity index (χ0) is 14.1. The molecule has 1 aromatic carbocycles. The number of likely N-dealkylation sites (tertiary alicyclic amines) is 1. The van der Waals surface area contributed by atoms with Gasteiger partial charge in [-0.2, -0.15) is 0 Å². The van der Waals surface area contributed by atoms with Gasteiger partial charge in [-0.15, -0.1) is 0 Å². The Morgan fingerprint density at radius 1 is 1.10 bits per heavy atom. The van der Waals surface area contributed by atoms with Gasteiger partial charge in [0.25, 0.3) is 0 Å². The summed E-state index contributed by atoms with van der Waals surface area (Å²) in [5.41, 5.74) is 1.27. The van der Waals surface area contributed by atoms with Gasteiger partial charge in [0, 0.05) is 35.3 Å². The van der Waals surface area contributed by atoms with E-state index in [4.69, 9.17) is 0 Å². The SMILES string of the molecule is CC(C)N1CC2CCCC(C1)C2Nc1ccc(Br)cc1. The first-order valence-electron chi connectivity index (χ1n) is 7.89. The molecular formula is C17H25BrN2. The minimum atomic E-state index is 0.667. The standard InChI is InChI=1S/C17H25BrN2/c1-12(2)20-10-13-4-3-5-14(11-20)17(13)19-16-8-6-15(18)7-9-16/h6-9,12-14,17,19H,3-5,10-11H2,1-2H3. The fourth-order valence-corrected chi connectivity index (χ4v) is 4.13. The summed E-state index contributed by atoms with van der Waals surface area (Å²) in [5.74, 6) is 1.63. The predicted molar refractivity (Wildman–Crippen MR) is 89.1 cm³/mol. The van der Waals surface area contributed by atoms with Crippen molar-refractivity contribution in [2.24, 2.45) is 11.8 Å². The second kappa shape index (κ2) is 6.07. The van der Waals surface area contributed by atoms with E-state index in [2.05, 4.69) is 64.3 Å². The average molecular weight is 337 g/mol. The van der Waals surface area contributed by atoms with E-state index in [1.54, 1.807) is 0 Å². The summed E-state index contributed by atoms with van der Waals surface area (Å²) in [5, 5.41) is 3.82. The van der Waals surface area contributed by atoms with E-state index in [9.17, 15) is 0 Å². The number of hydrogen-bond acceptors (Lipinski definition) is 2. The molecular weight excluding hydrogens is 312 g/mol. The van der Waals surface area contributed by atoms with E-state index in [0.29, 0.717) is 12.1 Å². The van der Waals surface area contributed by atoms with Crippen LogP contribution in [0.2, 0.25) is 0 Å². The molecule has 2 bridgehead atoms. The second-order valence-electron chi connectivity index (χ2n) is 6.68. The van der Waals surface area contributed by atoms with Crippen LogP contribution in [0.25, 0.3) is 0 Å². The van der Waals surface area contributed by atoms with Gasteiger partial charge in [0.1, 0.15) is 0 Å². The Bertz CT molecular complexity index is 429. The lowest BCUT2D eigenvalue weighted by Crippen LogP contribution is -2.56. The Balaban J connectivity index is 1.72. The highest BCUT2D eigenvalue weighted by Gasteiger charge is 2.39. The van der Waals surface area contributed by atoms with Crippen LogP contribution in [-0.4, -0.2) is 30.1 Å². The lowest BCUT2D eigenvalue weighted by Gasteiger charge is -2.49. The van der Waals surface area contributed by atoms with Crippen molar-refractivity contribution in [2.75, 3.05) is 18.4 Å². The molecule has 2 fully saturated rings. The second-order valence-corrected chi connectivity index (χ2v) is 7.59. The minimum Gasteiger partial charge on any atom is -0.382 e. The Kier molecular flexibility index (Phi) is 4.37. The van der Waals surface area contributed by atoms with E-state index in [1.807, 2.05) is 0 Å². The van der Waals surface area contributed by atoms with Crippen LogP contribution in [0.1, 0.15) is 33.1 Å². The summed E-state index contributed by atoms with van der Waals surface area (Å²) in [7, 11) is 0. The van der Waals surface area contributed by atoms with Crippen molar-refractivity contribution in [3.8, 4) is 0 Å². The molecule has 2 aliphatic rings. The Morgan fingerprint density at radius 3 is 2.25 bits per heavy atom. The van der Waals surface area contributed by atoms with Crippen molar-refractivity contribution in [1.29, 1.82) is 0 Å². The molecule has 1 aliphatic heterocycles. The number of nitrogens with zero attached hydrogens (tertiary/aromatic N) is 1. The largest absolute Gasteiger partial charge is 0.382 e. The molecule has 1 aromatic rings. The average Bonchev–Trinajstić information content (AvgIpc) is 2.40. The predicted octanol–water partition coefficient (Wildman–Crippen LogP) is 4.37. The van der Waals surface area contributed by atoms with Gasteiger partial charge < -0.3 is 10.2 Å². The van der Waals surface area contributed by atoms with Crippen LogP contribution >= 0.6 is 15.9 Å². The zero-order valence-electron chi connectivity index (χ0n) is 12.5. The molecule has 0 amide bonds. The van der Waals surface area contributed by atoms with Crippen LogP contribution < -0.4 is 5.32 Å². The molecule has 1 saturated heterocycles. The number of benzene rings is 1. The normalized spacial score (nSPS) is 30.5. The third-order valence-electron chi connectivity index (χ3n) is 5.01. The third kappa shape index (κ3) is 3.04.